The number of nitrogens with one attached hydrogen (secondary N) is 2. The van der Waals surface area contributed by atoms with Crippen LogP contribution in [-0.4, -0.2) is 29.9 Å². The standard InChI is InChI=1S/C24H38N2O4/c1-6-7-13-24(17-27,15-19(4)5)26-22(28)21(14-18(2)3)25-23(29)30-16-20-11-9-8-10-12-20/h8-12,17-19,21H,6-7,13-16H2,1-5H3,(H,25,29)(H,26,28)/t21-,24+/m1/s1. The third kappa shape index (κ3) is 9.42. The zero-order valence-corrected chi connectivity index (χ0v) is 19.1. The SMILES string of the molecule is CCCC[C@@](C=O)(CC(C)C)NC(=O)[C@@H](CC(C)C)NC(=O)OCc1ccccc1. The molecule has 0 aliphatic carbocycles. The van der Waals surface area contributed by atoms with Crippen LogP contribution in [0.2, 0.25) is 0 Å². The fourth-order valence-electron chi connectivity index (χ4n) is 3.52. The van der Waals surface area contributed by atoms with Gasteiger partial charge in [-0.15, -0.1) is 0 Å². The van der Waals surface area contributed by atoms with Crippen LogP contribution in [0.3, 0.4) is 0 Å². The molecule has 0 aliphatic heterocycles. The van der Waals surface area contributed by atoms with E-state index in [-0.39, 0.29) is 24.3 Å². The van der Waals surface area contributed by atoms with Crippen LogP contribution in [0.1, 0.15) is 72.3 Å². The number of aldehydes is 1. The smallest absolute Gasteiger partial charge is 0.408 e. The first-order valence-electron chi connectivity index (χ1n) is 11.0. The predicted octanol–water partition coefficient (Wildman–Crippen LogP) is 4.62. The van der Waals surface area contributed by atoms with Gasteiger partial charge in [-0.05, 0) is 36.7 Å². The molecule has 0 heterocycles. The van der Waals surface area contributed by atoms with Crippen molar-refractivity contribution < 1.29 is 19.1 Å². The number of unbranched alkanes of at least 4 members (excludes halogenated alkanes) is 1. The lowest BCUT2D eigenvalue weighted by atomic mass is 9.85. The van der Waals surface area contributed by atoms with Crippen molar-refractivity contribution in [1.82, 2.24) is 10.6 Å². The number of hydrogen-bond acceptors (Lipinski definition) is 4. The summed E-state index contributed by atoms with van der Waals surface area (Å²) in [5.74, 6) is 0.0884. The van der Waals surface area contributed by atoms with Crippen LogP contribution < -0.4 is 10.6 Å². The van der Waals surface area contributed by atoms with Crippen LogP contribution in [-0.2, 0) is 20.9 Å². The summed E-state index contributed by atoms with van der Waals surface area (Å²) in [5, 5.41) is 5.64. The van der Waals surface area contributed by atoms with Crippen LogP contribution in [0.15, 0.2) is 30.3 Å². The molecule has 168 valence electrons. The molecular weight excluding hydrogens is 380 g/mol. The summed E-state index contributed by atoms with van der Waals surface area (Å²) in [6.07, 6.45) is 3.60. The summed E-state index contributed by atoms with van der Waals surface area (Å²) in [6.45, 7) is 10.2. The molecule has 6 nitrogen and oxygen atoms in total. The van der Waals surface area contributed by atoms with Gasteiger partial charge < -0.3 is 20.2 Å². The first kappa shape index (κ1) is 25.7. The zero-order valence-electron chi connectivity index (χ0n) is 19.1. The Labute approximate surface area is 181 Å². The topological polar surface area (TPSA) is 84.5 Å². The number of alkyl carbamates (subject to hydrolysis) is 1. The molecule has 0 unspecified atom stereocenters. The summed E-state index contributed by atoms with van der Waals surface area (Å²) < 4.78 is 5.28. The summed E-state index contributed by atoms with van der Waals surface area (Å²) in [4.78, 5) is 37.4. The van der Waals surface area contributed by atoms with Gasteiger partial charge in [0, 0.05) is 0 Å². The quantitative estimate of drug-likeness (QED) is 0.458. The molecule has 0 aliphatic rings. The van der Waals surface area contributed by atoms with E-state index in [1.165, 1.54) is 0 Å². The maximum atomic E-state index is 13.1. The Morgan fingerprint density at radius 3 is 2.30 bits per heavy atom. The average molecular weight is 419 g/mol. The molecule has 0 fully saturated rings. The van der Waals surface area contributed by atoms with Crippen molar-refractivity contribution in [2.24, 2.45) is 11.8 Å². The van der Waals surface area contributed by atoms with Gasteiger partial charge in [0.1, 0.15) is 18.9 Å². The van der Waals surface area contributed by atoms with Crippen LogP contribution >= 0.6 is 0 Å². The number of ether oxygens (including phenoxy) is 1. The first-order valence-corrected chi connectivity index (χ1v) is 11.0. The van der Waals surface area contributed by atoms with Gasteiger partial charge in [0.15, 0.2) is 0 Å². The van der Waals surface area contributed by atoms with Crippen molar-refractivity contribution in [3.05, 3.63) is 35.9 Å². The average Bonchev–Trinajstić information content (AvgIpc) is 2.70. The van der Waals surface area contributed by atoms with E-state index in [0.29, 0.717) is 19.3 Å². The maximum absolute atomic E-state index is 13.1. The van der Waals surface area contributed by atoms with Gasteiger partial charge in [0.2, 0.25) is 5.91 Å². The van der Waals surface area contributed by atoms with Gasteiger partial charge in [-0.25, -0.2) is 4.79 Å². The minimum absolute atomic E-state index is 0.130. The summed E-state index contributed by atoms with van der Waals surface area (Å²) in [7, 11) is 0. The van der Waals surface area contributed by atoms with Crippen molar-refractivity contribution in [3.63, 3.8) is 0 Å². The monoisotopic (exact) mass is 418 g/mol. The second kappa shape index (κ2) is 13.0. The van der Waals surface area contributed by atoms with Crippen LogP contribution in [0.25, 0.3) is 0 Å². The van der Waals surface area contributed by atoms with E-state index in [0.717, 1.165) is 24.7 Å². The number of hydrogen-bond donors (Lipinski definition) is 2. The fraction of sp³-hybridized carbons (Fsp3) is 0.625. The van der Waals surface area contributed by atoms with Crippen LogP contribution in [0.4, 0.5) is 4.79 Å². The number of benzene rings is 1. The Morgan fingerprint density at radius 2 is 1.77 bits per heavy atom. The highest BCUT2D eigenvalue weighted by atomic mass is 16.5. The van der Waals surface area contributed by atoms with Gasteiger partial charge in [-0.1, -0.05) is 77.8 Å². The highest BCUT2D eigenvalue weighted by molar-refractivity contribution is 5.88. The molecule has 2 amide bonds. The minimum atomic E-state index is -0.911. The molecule has 2 atom stereocenters. The highest BCUT2D eigenvalue weighted by Crippen LogP contribution is 2.22. The highest BCUT2D eigenvalue weighted by Gasteiger charge is 2.35. The Balaban J connectivity index is 2.84. The Bertz CT molecular complexity index is 660. The zero-order chi connectivity index (χ0) is 22.6. The number of rotatable bonds is 13. The summed E-state index contributed by atoms with van der Waals surface area (Å²) in [6, 6.07) is 8.60. The molecule has 30 heavy (non-hydrogen) atoms. The molecule has 1 aromatic carbocycles. The molecule has 0 bridgehead atoms. The molecular formula is C24H38N2O4. The second-order valence-corrected chi connectivity index (χ2v) is 8.85. The van der Waals surface area contributed by atoms with E-state index < -0.39 is 17.7 Å². The normalized spacial score (nSPS) is 14.1. The Kier molecular flexibility index (Phi) is 11.2. The summed E-state index contributed by atoms with van der Waals surface area (Å²) in [5.41, 5.74) is -0.0412. The largest absolute Gasteiger partial charge is 0.445 e. The van der Waals surface area contributed by atoms with Crippen LogP contribution in [0, 0.1) is 11.8 Å². The lowest BCUT2D eigenvalue weighted by Crippen LogP contribution is -2.57. The lowest BCUT2D eigenvalue weighted by molar-refractivity contribution is -0.129. The molecule has 6 heteroatoms. The third-order valence-corrected chi connectivity index (χ3v) is 4.88. The number of amides is 2. The van der Waals surface area contributed by atoms with Gasteiger partial charge in [0.25, 0.3) is 0 Å². The minimum Gasteiger partial charge on any atom is -0.445 e. The number of carbonyl (C=O) groups excluding carboxylic acids is 3. The third-order valence-electron chi connectivity index (χ3n) is 4.88. The molecule has 0 saturated heterocycles. The van der Waals surface area contributed by atoms with Crippen molar-refractivity contribution >= 4 is 18.3 Å². The maximum Gasteiger partial charge on any atom is 0.408 e. The predicted molar refractivity (Wildman–Crippen MR) is 119 cm³/mol. The van der Waals surface area contributed by atoms with E-state index in [1.807, 2.05) is 58.0 Å². The molecule has 1 aromatic rings. The van der Waals surface area contributed by atoms with Gasteiger partial charge >= 0.3 is 6.09 Å². The van der Waals surface area contributed by atoms with Gasteiger partial charge in [-0.3, -0.25) is 4.79 Å². The van der Waals surface area contributed by atoms with Gasteiger partial charge in [-0.2, -0.15) is 0 Å². The van der Waals surface area contributed by atoms with Crippen LogP contribution in [0.5, 0.6) is 0 Å². The molecule has 0 radical (unpaired) electrons. The lowest BCUT2D eigenvalue weighted by Gasteiger charge is -2.33. The van der Waals surface area contributed by atoms with E-state index in [9.17, 15) is 14.4 Å². The van der Waals surface area contributed by atoms with E-state index in [4.69, 9.17) is 4.74 Å². The molecule has 0 spiro atoms. The van der Waals surface area contributed by atoms with E-state index in [1.54, 1.807) is 0 Å². The molecule has 0 aromatic heterocycles. The van der Waals surface area contributed by atoms with Crippen molar-refractivity contribution in [2.75, 3.05) is 0 Å². The fourth-order valence-corrected chi connectivity index (χ4v) is 3.52. The Hall–Kier alpha value is -2.37. The van der Waals surface area contributed by atoms with Crippen molar-refractivity contribution in [3.8, 4) is 0 Å². The second-order valence-electron chi connectivity index (χ2n) is 8.85. The van der Waals surface area contributed by atoms with Crippen molar-refractivity contribution in [2.45, 2.75) is 84.9 Å². The molecule has 1 rings (SSSR count). The van der Waals surface area contributed by atoms with E-state index >= 15 is 0 Å². The molecule has 2 N–H and O–H groups in total. The molecule has 0 saturated carbocycles. The number of carbonyl (C=O) groups is 3. The summed E-state index contributed by atoms with van der Waals surface area (Å²) >= 11 is 0. The Morgan fingerprint density at radius 1 is 1.10 bits per heavy atom. The first-order chi connectivity index (χ1) is 14.2. The van der Waals surface area contributed by atoms with Gasteiger partial charge in [0.05, 0.1) is 5.54 Å². The van der Waals surface area contributed by atoms with Crippen molar-refractivity contribution in [1.29, 1.82) is 0 Å². The van der Waals surface area contributed by atoms with E-state index in [2.05, 4.69) is 17.6 Å².